The summed E-state index contributed by atoms with van der Waals surface area (Å²) in [6.07, 6.45) is 0. The lowest BCUT2D eigenvalue weighted by Gasteiger charge is -2.07. The van der Waals surface area contributed by atoms with Crippen molar-refractivity contribution in [2.45, 2.75) is 6.54 Å². The van der Waals surface area contributed by atoms with Crippen LogP contribution in [-0.2, 0) is 6.54 Å². The molecule has 5 heteroatoms. The molecule has 96 valence electrons. The highest BCUT2D eigenvalue weighted by atomic mass is 35.5. The third-order valence-electron chi connectivity index (χ3n) is 2.21. The fraction of sp³-hybridized carbons (Fsp3) is 0.0769. The Morgan fingerprint density at radius 2 is 1.61 bits per heavy atom. The lowest BCUT2D eigenvalue weighted by molar-refractivity contribution is 0.482. The zero-order valence-corrected chi connectivity index (χ0v) is 11.7. The number of rotatable bonds is 3. The van der Waals surface area contributed by atoms with Crippen LogP contribution >= 0.6 is 35.6 Å². The van der Waals surface area contributed by atoms with Gasteiger partial charge in [0, 0.05) is 16.6 Å². The van der Waals surface area contributed by atoms with Gasteiger partial charge in [-0.1, -0.05) is 35.3 Å². The fourth-order valence-electron chi connectivity index (χ4n) is 1.46. The highest BCUT2D eigenvalue weighted by Gasteiger charge is 2.01. The highest BCUT2D eigenvalue weighted by Crippen LogP contribution is 2.28. The number of nitrogens with two attached hydrogens (primary N) is 1. The molecule has 0 aliphatic rings. The van der Waals surface area contributed by atoms with Gasteiger partial charge in [0.2, 0.25) is 0 Å². The van der Waals surface area contributed by atoms with Crippen molar-refractivity contribution < 1.29 is 4.74 Å². The van der Waals surface area contributed by atoms with E-state index in [0.717, 1.165) is 5.56 Å². The van der Waals surface area contributed by atoms with Crippen LogP contribution in [0.3, 0.4) is 0 Å². The summed E-state index contributed by atoms with van der Waals surface area (Å²) in [6.45, 7) is 0.480. The first kappa shape index (κ1) is 15.1. The largest absolute Gasteiger partial charge is 0.457 e. The average Bonchev–Trinajstić information content (AvgIpc) is 2.28. The summed E-state index contributed by atoms with van der Waals surface area (Å²) in [5.74, 6) is 1.32. The third-order valence-corrected chi connectivity index (χ3v) is 2.64. The minimum absolute atomic E-state index is 0. The predicted octanol–water partition coefficient (Wildman–Crippen LogP) is 4.67. The summed E-state index contributed by atoms with van der Waals surface area (Å²) >= 11 is 11.8. The van der Waals surface area contributed by atoms with Gasteiger partial charge in [-0.2, -0.15) is 0 Å². The summed E-state index contributed by atoms with van der Waals surface area (Å²) in [5.41, 5.74) is 6.57. The summed E-state index contributed by atoms with van der Waals surface area (Å²) < 4.78 is 5.66. The smallest absolute Gasteiger partial charge is 0.130 e. The van der Waals surface area contributed by atoms with Crippen LogP contribution in [0, 0.1) is 0 Å². The van der Waals surface area contributed by atoms with Gasteiger partial charge in [-0.3, -0.25) is 0 Å². The molecule has 0 radical (unpaired) electrons. The quantitative estimate of drug-likeness (QED) is 0.894. The standard InChI is InChI=1S/C13H11Cl2NO.ClH/c14-10-5-11(15)7-13(6-10)17-12-3-1-2-9(4-12)8-16;/h1-7H,8,16H2;1H. The normalized spacial score (nSPS) is 9.72. The molecule has 0 fully saturated rings. The third kappa shape index (κ3) is 4.07. The number of benzene rings is 2. The van der Waals surface area contributed by atoms with Gasteiger partial charge in [0.1, 0.15) is 11.5 Å². The molecule has 0 aliphatic carbocycles. The Morgan fingerprint density at radius 1 is 0.944 bits per heavy atom. The van der Waals surface area contributed by atoms with E-state index in [2.05, 4.69) is 0 Å². The second kappa shape index (κ2) is 6.86. The van der Waals surface area contributed by atoms with Crippen molar-refractivity contribution in [1.82, 2.24) is 0 Å². The zero-order valence-electron chi connectivity index (χ0n) is 9.40. The average molecular weight is 305 g/mol. The van der Waals surface area contributed by atoms with Gasteiger partial charge in [0.25, 0.3) is 0 Å². The van der Waals surface area contributed by atoms with Gasteiger partial charge in [-0.25, -0.2) is 0 Å². The molecule has 18 heavy (non-hydrogen) atoms. The SMILES string of the molecule is Cl.NCc1cccc(Oc2cc(Cl)cc(Cl)c2)c1. The van der Waals surface area contributed by atoms with Crippen molar-refractivity contribution in [2.75, 3.05) is 0 Å². The molecular weight excluding hydrogens is 293 g/mol. The number of halogens is 3. The summed E-state index contributed by atoms with van der Waals surface area (Å²) in [7, 11) is 0. The van der Waals surface area contributed by atoms with E-state index >= 15 is 0 Å². The van der Waals surface area contributed by atoms with Crippen molar-refractivity contribution in [1.29, 1.82) is 0 Å². The molecule has 2 aromatic carbocycles. The molecule has 0 aliphatic heterocycles. The topological polar surface area (TPSA) is 35.2 Å². The van der Waals surface area contributed by atoms with Crippen LogP contribution in [0.25, 0.3) is 0 Å². The van der Waals surface area contributed by atoms with Crippen LogP contribution in [0.1, 0.15) is 5.56 Å². The highest BCUT2D eigenvalue weighted by molar-refractivity contribution is 6.34. The molecular formula is C13H12Cl3NO. The van der Waals surface area contributed by atoms with Gasteiger partial charge in [0.05, 0.1) is 0 Å². The van der Waals surface area contributed by atoms with Gasteiger partial charge < -0.3 is 10.5 Å². The second-order valence-electron chi connectivity index (χ2n) is 3.56. The van der Waals surface area contributed by atoms with E-state index in [4.69, 9.17) is 33.7 Å². The molecule has 0 aromatic heterocycles. The van der Waals surface area contributed by atoms with Crippen molar-refractivity contribution >= 4 is 35.6 Å². The van der Waals surface area contributed by atoms with E-state index in [1.165, 1.54) is 0 Å². The van der Waals surface area contributed by atoms with E-state index in [0.29, 0.717) is 28.1 Å². The number of hydrogen-bond acceptors (Lipinski definition) is 2. The lowest BCUT2D eigenvalue weighted by Crippen LogP contribution is -1.96. The van der Waals surface area contributed by atoms with Crippen LogP contribution in [0.4, 0.5) is 0 Å². The van der Waals surface area contributed by atoms with Gasteiger partial charge >= 0.3 is 0 Å². The second-order valence-corrected chi connectivity index (χ2v) is 4.43. The van der Waals surface area contributed by atoms with Crippen molar-refractivity contribution in [3.05, 3.63) is 58.1 Å². The summed E-state index contributed by atoms with van der Waals surface area (Å²) in [4.78, 5) is 0. The minimum atomic E-state index is 0. The first-order valence-corrected chi connectivity index (χ1v) is 5.86. The van der Waals surface area contributed by atoms with Crippen LogP contribution in [-0.4, -0.2) is 0 Å². The summed E-state index contributed by atoms with van der Waals surface area (Å²) in [5, 5.41) is 1.09. The Bertz CT molecular complexity index is 511. The molecule has 2 nitrogen and oxygen atoms in total. The maximum Gasteiger partial charge on any atom is 0.130 e. The van der Waals surface area contributed by atoms with E-state index in [-0.39, 0.29) is 12.4 Å². The summed E-state index contributed by atoms with van der Waals surface area (Å²) in [6, 6.07) is 12.7. The van der Waals surface area contributed by atoms with Gasteiger partial charge in [0.15, 0.2) is 0 Å². The van der Waals surface area contributed by atoms with Crippen molar-refractivity contribution in [3.8, 4) is 11.5 Å². The molecule has 0 bridgehead atoms. The van der Waals surface area contributed by atoms with Crippen molar-refractivity contribution in [3.63, 3.8) is 0 Å². The Hall–Kier alpha value is -0.930. The lowest BCUT2D eigenvalue weighted by atomic mass is 10.2. The monoisotopic (exact) mass is 303 g/mol. The Morgan fingerprint density at radius 3 is 2.22 bits per heavy atom. The fourth-order valence-corrected chi connectivity index (χ4v) is 1.97. The molecule has 0 spiro atoms. The van der Waals surface area contributed by atoms with Gasteiger partial charge in [-0.15, -0.1) is 12.4 Å². The van der Waals surface area contributed by atoms with Crippen molar-refractivity contribution in [2.24, 2.45) is 5.73 Å². The van der Waals surface area contributed by atoms with E-state index in [1.54, 1.807) is 18.2 Å². The van der Waals surface area contributed by atoms with Crippen LogP contribution in [0.2, 0.25) is 10.0 Å². The zero-order chi connectivity index (χ0) is 12.3. The molecule has 0 heterocycles. The van der Waals surface area contributed by atoms with Gasteiger partial charge in [-0.05, 0) is 35.9 Å². The van der Waals surface area contributed by atoms with Crippen LogP contribution in [0.15, 0.2) is 42.5 Å². The Kier molecular flexibility index (Phi) is 5.76. The predicted molar refractivity (Wildman–Crippen MR) is 78.1 cm³/mol. The maximum atomic E-state index is 5.89. The minimum Gasteiger partial charge on any atom is -0.457 e. The molecule has 0 saturated carbocycles. The van der Waals surface area contributed by atoms with E-state index < -0.39 is 0 Å². The Labute approximate surface area is 122 Å². The molecule has 0 unspecified atom stereocenters. The maximum absolute atomic E-state index is 5.89. The molecule has 2 aromatic rings. The molecule has 0 atom stereocenters. The first-order chi connectivity index (χ1) is 8.17. The first-order valence-electron chi connectivity index (χ1n) is 5.10. The Balaban J connectivity index is 0.00000162. The number of hydrogen-bond donors (Lipinski definition) is 1. The van der Waals surface area contributed by atoms with Crippen LogP contribution < -0.4 is 10.5 Å². The van der Waals surface area contributed by atoms with E-state index in [9.17, 15) is 0 Å². The van der Waals surface area contributed by atoms with E-state index in [1.807, 2.05) is 24.3 Å². The molecule has 0 amide bonds. The number of ether oxygens (including phenoxy) is 1. The molecule has 0 saturated heterocycles. The molecule has 2 N–H and O–H groups in total. The van der Waals surface area contributed by atoms with Crippen LogP contribution in [0.5, 0.6) is 11.5 Å². The molecule has 2 rings (SSSR count).